The molecule has 1 aromatic carbocycles. The molecular weight excluding hydrogens is 186 g/mol. The SMILES string of the molecule is Cc1ccc(O[C@@H]2CCCNC2)c(C)c1. The Balaban J connectivity index is 2.03. The van der Waals surface area contributed by atoms with Crippen molar-refractivity contribution < 1.29 is 4.74 Å². The van der Waals surface area contributed by atoms with Gasteiger partial charge in [-0.1, -0.05) is 17.7 Å². The lowest BCUT2D eigenvalue weighted by atomic mass is 10.1. The molecule has 0 radical (unpaired) electrons. The standard InChI is InChI=1S/C13H19NO/c1-10-5-6-13(11(2)8-10)15-12-4-3-7-14-9-12/h5-6,8,12,14H,3-4,7,9H2,1-2H3/t12-/m1/s1. The first-order valence-electron chi connectivity index (χ1n) is 5.70. The zero-order valence-electron chi connectivity index (χ0n) is 9.55. The molecule has 82 valence electrons. The van der Waals surface area contributed by atoms with E-state index in [0.29, 0.717) is 6.10 Å². The van der Waals surface area contributed by atoms with Gasteiger partial charge in [0.2, 0.25) is 0 Å². The fourth-order valence-electron chi connectivity index (χ4n) is 2.03. The number of hydrogen-bond donors (Lipinski definition) is 1. The lowest BCUT2D eigenvalue weighted by Gasteiger charge is -2.24. The minimum Gasteiger partial charge on any atom is -0.489 e. The molecular formula is C13H19NO. The van der Waals surface area contributed by atoms with Crippen LogP contribution >= 0.6 is 0 Å². The van der Waals surface area contributed by atoms with Gasteiger partial charge in [0.05, 0.1) is 0 Å². The average molecular weight is 205 g/mol. The molecule has 0 unspecified atom stereocenters. The lowest BCUT2D eigenvalue weighted by molar-refractivity contribution is 0.166. The van der Waals surface area contributed by atoms with Crippen molar-refractivity contribution in [1.82, 2.24) is 5.32 Å². The Bertz CT molecular complexity index is 329. The Hall–Kier alpha value is -1.02. The van der Waals surface area contributed by atoms with Crippen LogP contribution in [0.1, 0.15) is 24.0 Å². The maximum Gasteiger partial charge on any atom is 0.122 e. The highest BCUT2D eigenvalue weighted by Crippen LogP contribution is 2.21. The van der Waals surface area contributed by atoms with Crippen molar-refractivity contribution in [1.29, 1.82) is 0 Å². The van der Waals surface area contributed by atoms with Crippen LogP contribution in [0.3, 0.4) is 0 Å². The van der Waals surface area contributed by atoms with Crippen molar-refractivity contribution in [2.24, 2.45) is 0 Å². The smallest absolute Gasteiger partial charge is 0.122 e. The Labute approximate surface area is 91.6 Å². The van der Waals surface area contributed by atoms with Gasteiger partial charge in [0.1, 0.15) is 11.9 Å². The van der Waals surface area contributed by atoms with E-state index in [0.717, 1.165) is 18.8 Å². The van der Waals surface area contributed by atoms with E-state index in [2.05, 4.69) is 37.4 Å². The van der Waals surface area contributed by atoms with Crippen LogP contribution in [0.5, 0.6) is 5.75 Å². The minimum absolute atomic E-state index is 0.347. The van der Waals surface area contributed by atoms with Gasteiger partial charge in [0.15, 0.2) is 0 Å². The molecule has 1 aliphatic rings. The van der Waals surface area contributed by atoms with E-state index >= 15 is 0 Å². The third-order valence-electron chi connectivity index (χ3n) is 2.88. The molecule has 0 amide bonds. The molecule has 1 heterocycles. The number of benzene rings is 1. The molecule has 0 aromatic heterocycles. The molecule has 1 atom stereocenters. The molecule has 0 saturated carbocycles. The molecule has 2 rings (SSSR count). The van der Waals surface area contributed by atoms with E-state index in [1.54, 1.807) is 0 Å². The normalized spacial score (nSPS) is 21.3. The third kappa shape index (κ3) is 2.72. The number of ether oxygens (including phenoxy) is 1. The van der Waals surface area contributed by atoms with E-state index in [1.807, 2.05) is 0 Å². The molecule has 0 spiro atoms. The summed E-state index contributed by atoms with van der Waals surface area (Å²) in [5, 5.41) is 3.36. The number of rotatable bonds is 2. The molecule has 1 N–H and O–H groups in total. The van der Waals surface area contributed by atoms with E-state index in [4.69, 9.17) is 4.74 Å². The Morgan fingerprint density at radius 3 is 2.87 bits per heavy atom. The van der Waals surface area contributed by atoms with Crippen molar-refractivity contribution in [3.05, 3.63) is 29.3 Å². The molecule has 1 aromatic rings. The lowest BCUT2D eigenvalue weighted by Crippen LogP contribution is -2.37. The van der Waals surface area contributed by atoms with Gasteiger partial charge in [-0.3, -0.25) is 0 Å². The maximum absolute atomic E-state index is 5.98. The van der Waals surface area contributed by atoms with Crippen LogP contribution in [0.4, 0.5) is 0 Å². The number of piperidine rings is 1. The predicted molar refractivity (Wildman–Crippen MR) is 62.4 cm³/mol. The van der Waals surface area contributed by atoms with Crippen molar-refractivity contribution in [2.45, 2.75) is 32.8 Å². The monoisotopic (exact) mass is 205 g/mol. The quantitative estimate of drug-likeness (QED) is 0.800. The minimum atomic E-state index is 0.347. The Kier molecular flexibility index (Phi) is 3.27. The van der Waals surface area contributed by atoms with Crippen molar-refractivity contribution in [2.75, 3.05) is 13.1 Å². The second-order valence-corrected chi connectivity index (χ2v) is 4.36. The van der Waals surface area contributed by atoms with Gasteiger partial charge >= 0.3 is 0 Å². The Morgan fingerprint density at radius 2 is 2.20 bits per heavy atom. The zero-order chi connectivity index (χ0) is 10.7. The summed E-state index contributed by atoms with van der Waals surface area (Å²) in [5.74, 6) is 1.04. The van der Waals surface area contributed by atoms with Gasteiger partial charge in [-0.05, 0) is 44.9 Å². The number of nitrogens with one attached hydrogen (secondary N) is 1. The summed E-state index contributed by atoms with van der Waals surface area (Å²) < 4.78 is 5.98. The van der Waals surface area contributed by atoms with Crippen LogP contribution in [0.15, 0.2) is 18.2 Å². The van der Waals surface area contributed by atoms with Crippen LogP contribution in [0.2, 0.25) is 0 Å². The van der Waals surface area contributed by atoms with Crippen LogP contribution in [0, 0.1) is 13.8 Å². The van der Waals surface area contributed by atoms with Crippen LogP contribution in [0.25, 0.3) is 0 Å². The zero-order valence-corrected chi connectivity index (χ0v) is 9.55. The van der Waals surface area contributed by atoms with Crippen molar-refractivity contribution in [3.63, 3.8) is 0 Å². The predicted octanol–water partition coefficient (Wildman–Crippen LogP) is 2.43. The van der Waals surface area contributed by atoms with E-state index in [1.165, 1.54) is 24.0 Å². The molecule has 0 bridgehead atoms. The molecule has 2 nitrogen and oxygen atoms in total. The third-order valence-corrected chi connectivity index (χ3v) is 2.88. The van der Waals surface area contributed by atoms with Crippen molar-refractivity contribution >= 4 is 0 Å². The topological polar surface area (TPSA) is 21.3 Å². The Morgan fingerprint density at radius 1 is 1.33 bits per heavy atom. The fourth-order valence-corrected chi connectivity index (χ4v) is 2.03. The summed E-state index contributed by atoms with van der Waals surface area (Å²) in [6.07, 6.45) is 2.73. The summed E-state index contributed by atoms with van der Waals surface area (Å²) in [6, 6.07) is 6.36. The highest BCUT2D eigenvalue weighted by Gasteiger charge is 2.14. The van der Waals surface area contributed by atoms with Gasteiger partial charge in [-0.2, -0.15) is 0 Å². The first kappa shape index (κ1) is 10.5. The van der Waals surface area contributed by atoms with Crippen LogP contribution in [-0.4, -0.2) is 19.2 Å². The van der Waals surface area contributed by atoms with Gasteiger partial charge in [0.25, 0.3) is 0 Å². The summed E-state index contributed by atoms with van der Waals surface area (Å²) in [6.45, 7) is 6.33. The molecule has 1 fully saturated rings. The molecule has 1 saturated heterocycles. The highest BCUT2D eigenvalue weighted by atomic mass is 16.5. The van der Waals surface area contributed by atoms with E-state index in [9.17, 15) is 0 Å². The summed E-state index contributed by atoms with van der Waals surface area (Å²) in [7, 11) is 0. The number of aryl methyl sites for hydroxylation is 2. The fraction of sp³-hybridized carbons (Fsp3) is 0.538. The highest BCUT2D eigenvalue weighted by molar-refractivity contribution is 5.35. The largest absolute Gasteiger partial charge is 0.489 e. The molecule has 15 heavy (non-hydrogen) atoms. The van der Waals surface area contributed by atoms with E-state index < -0.39 is 0 Å². The van der Waals surface area contributed by atoms with E-state index in [-0.39, 0.29) is 0 Å². The van der Waals surface area contributed by atoms with Gasteiger partial charge < -0.3 is 10.1 Å². The summed E-state index contributed by atoms with van der Waals surface area (Å²) in [5.41, 5.74) is 2.53. The molecule has 1 aliphatic heterocycles. The van der Waals surface area contributed by atoms with Crippen molar-refractivity contribution in [3.8, 4) is 5.75 Å². The molecule has 0 aliphatic carbocycles. The first-order chi connectivity index (χ1) is 7.25. The molecule has 2 heteroatoms. The number of hydrogen-bond acceptors (Lipinski definition) is 2. The first-order valence-corrected chi connectivity index (χ1v) is 5.70. The van der Waals surface area contributed by atoms with Crippen LogP contribution < -0.4 is 10.1 Å². The van der Waals surface area contributed by atoms with Gasteiger partial charge in [0, 0.05) is 6.54 Å². The summed E-state index contributed by atoms with van der Waals surface area (Å²) in [4.78, 5) is 0. The average Bonchev–Trinajstić information content (AvgIpc) is 2.24. The maximum atomic E-state index is 5.98. The van der Waals surface area contributed by atoms with Gasteiger partial charge in [-0.15, -0.1) is 0 Å². The summed E-state index contributed by atoms with van der Waals surface area (Å²) >= 11 is 0. The second kappa shape index (κ2) is 4.67. The van der Waals surface area contributed by atoms with Gasteiger partial charge in [-0.25, -0.2) is 0 Å². The van der Waals surface area contributed by atoms with Crippen LogP contribution in [-0.2, 0) is 0 Å². The second-order valence-electron chi connectivity index (χ2n) is 4.36.